The van der Waals surface area contributed by atoms with Gasteiger partial charge in [-0.05, 0) is 49.2 Å². The lowest BCUT2D eigenvalue weighted by atomic mass is 10.0. The highest BCUT2D eigenvalue weighted by Gasteiger charge is 2.36. The van der Waals surface area contributed by atoms with Crippen molar-refractivity contribution in [2.45, 2.75) is 25.4 Å². The van der Waals surface area contributed by atoms with E-state index >= 15 is 0 Å². The van der Waals surface area contributed by atoms with Crippen LogP contribution in [-0.4, -0.2) is 56.3 Å². The number of H-pyrrole nitrogens is 1. The van der Waals surface area contributed by atoms with Crippen molar-refractivity contribution in [2.24, 2.45) is 0 Å². The fourth-order valence-corrected chi connectivity index (χ4v) is 6.31. The summed E-state index contributed by atoms with van der Waals surface area (Å²) in [6.07, 6.45) is 5.30. The Balaban J connectivity index is 1.50. The van der Waals surface area contributed by atoms with Crippen molar-refractivity contribution >= 4 is 21.1 Å². The largest absolute Gasteiger partial charge is 0.339 e. The summed E-state index contributed by atoms with van der Waals surface area (Å²) in [5, 5.41) is 5.73. The van der Waals surface area contributed by atoms with Crippen LogP contribution in [0.15, 0.2) is 73.2 Å². The molecule has 37 heavy (non-hydrogen) atoms. The summed E-state index contributed by atoms with van der Waals surface area (Å²) in [7, 11) is -3.33. The maximum absolute atomic E-state index is 13.7. The van der Waals surface area contributed by atoms with Gasteiger partial charge in [-0.2, -0.15) is 9.40 Å². The maximum atomic E-state index is 13.7. The smallest absolute Gasteiger partial charge is 0.211 e. The summed E-state index contributed by atoms with van der Waals surface area (Å²) in [5.41, 5.74) is 5.49. The van der Waals surface area contributed by atoms with Crippen LogP contribution in [0.1, 0.15) is 19.4 Å². The minimum absolute atomic E-state index is 0.134. The predicted octanol–water partition coefficient (Wildman–Crippen LogP) is 4.89. The predicted molar refractivity (Wildman–Crippen MR) is 141 cm³/mol. The van der Waals surface area contributed by atoms with Gasteiger partial charge in [-0.15, -0.1) is 0 Å². The van der Waals surface area contributed by atoms with E-state index in [0.717, 1.165) is 27.8 Å². The topological polar surface area (TPSA) is 96.8 Å². The number of aromatic nitrogens is 5. The molecule has 1 N–H and O–H groups in total. The van der Waals surface area contributed by atoms with E-state index < -0.39 is 10.0 Å². The molecule has 4 heterocycles. The summed E-state index contributed by atoms with van der Waals surface area (Å²) in [6, 6.07) is 17.9. The van der Waals surface area contributed by atoms with E-state index in [2.05, 4.69) is 15.0 Å². The first-order valence-electron chi connectivity index (χ1n) is 12.0. The molecular weight excluding hydrogens is 491 g/mol. The standard InChI is InChI=1S/C27H25FN6O2S/c1-17-12-21(14-34(17)37(2,35)36)33-15-23(25(32-33)19-8-10-20(28)11-9-19)26-22-13-24(18-6-4-3-5-7-18)31-27(22)30-16-29-26/h3-11,13,15-17,21H,12,14H2,1-2H3,(H,29,30,31)/t17-,21-/m1/s1. The number of aromatic amines is 1. The molecule has 0 spiro atoms. The zero-order chi connectivity index (χ0) is 25.7. The van der Waals surface area contributed by atoms with Crippen LogP contribution in [0, 0.1) is 5.82 Å². The quantitative estimate of drug-likeness (QED) is 0.359. The average Bonchev–Trinajstić information content (AvgIpc) is 3.61. The van der Waals surface area contributed by atoms with E-state index in [-0.39, 0.29) is 17.9 Å². The van der Waals surface area contributed by atoms with Crippen molar-refractivity contribution in [1.82, 2.24) is 29.0 Å². The molecule has 1 saturated heterocycles. The molecule has 1 aliphatic heterocycles. The van der Waals surface area contributed by atoms with Crippen LogP contribution in [-0.2, 0) is 10.0 Å². The first-order chi connectivity index (χ1) is 17.8. The Morgan fingerprint density at radius 3 is 2.46 bits per heavy atom. The normalized spacial score (nSPS) is 18.6. The van der Waals surface area contributed by atoms with Crippen LogP contribution in [0.5, 0.6) is 0 Å². The van der Waals surface area contributed by atoms with Crippen LogP contribution in [0.3, 0.4) is 0 Å². The minimum Gasteiger partial charge on any atom is -0.339 e. The number of nitrogens with one attached hydrogen (secondary N) is 1. The van der Waals surface area contributed by atoms with Crippen LogP contribution in [0.25, 0.3) is 44.8 Å². The Bertz CT molecular complexity index is 1700. The molecule has 1 fully saturated rings. The van der Waals surface area contributed by atoms with Crippen LogP contribution >= 0.6 is 0 Å². The molecule has 0 unspecified atom stereocenters. The lowest BCUT2D eigenvalue weighted by Gasteiger charge is -2.17. The highest BCUT2D eigenvalue weighted by Crippen LogP contribution is 2.38. The van der Waals surface area contributed by atoms with Gasteiger partial charge in [0.1, 0.15) is 23.5 Å². The van der Waals surface area contributed by atoms with E-state index in [1.165, 1.54) is 29.0 Å². The molecule has 8 nitrogen and oxygen atoms in total. The van der Waals surface area contributed by atoms with Crippen molar-refractivity contribution in [3.8, 4) is 33.8 Å². The average molecular weight is 517 g/mol. The SMILES string of the molecule is C[C@@H]1C[C@@H](n2cc(-c3ncnc4[nH]c(-c5ccccc5)cc34)c(-c3ccc(F)cc3)n2)CN1S(C)(=O)=O. The molecule has 0 bridgehead atoms. The second kappa shape index (κ2) is 8.89. The van der Waals surface area contributed by atoms with Crippen molar-refractivity contribution in [3.63, 3.8) is 0 Å². The third-order valence-electron chi connectivity index (χ3n) is 6.91. The molecule has 1 aliphatic rings. The lowest BCUT2D eigenvalue weighted by molar-refractivity contribution is 0.404. The maximum Gasteiger partial charge on any atom is 0.211 e. The van der Waals surface area contributed by atoms with Gasteiger partial charge in [-0.25, -0.2) is 22.8 Å². The second-order valence-corrected chi connectivity index (χ2v) is 11.4. The molecule has 3 aromatic heterocycles. The Kier molecular flexibility index (Phi) is 5.65. The molecule has 0 radical (unpaired) electrons. The van der Waals surface area contributed by atoms with Crippen molar-refractivity contribution in [1.29, 1.82) is 0 Å². The van der Waals surface area contributed by atoms with Gasteiger partial charge in [0.25, 0.3) is 0 Å². The first kappa shape index (κ1) is 23.5. The molecule has 5 aromatic rings. The summed E-state index contributed by atoms with van der Waals surface area (Å²) in [6.45, 7) is 2.25. The summed E-state index contributed by atoms with van der Waals surface area (Å²) in [5.74, 6) is -0.333. The molecule has 0 aliphatic carbocycles. The van der Waals surface area contributed by atoms with E-state index in [9.17, 15) is 12.8 Å². The molecule has 2 atom stereocenters. The number of halogens is 1. The number of hydrogen-bond acceptors (Lipinski definition) is 5. The fraction of sp³-hybridized carbons (Fsp3) is 0.222. The Morgan fingerprint density at radius 1 is 1.00 bits per heavy atom. The van der Waals surface area contributed by atoms with Gasteiger partial charge in [-0.1, -0.05) is 30.3 Å². The molecule has 10 heteroatoms. The first-order valence-corrected chi connectivity index (χ1v) is 13.8. The molecule has 0 amide bonds. The Hall–Kier alpha value is -3.89. The zero-order valence-electron chi connectivity index (χ0n) is 20.3. The summed E-state index contributed by atoms with van der Waals surface area (Å²) < 4.78 is 41.6. The van der Waals surface area contributed by atoms with Gasteiger partial charge in [0, 0.05) is 41.0 Å². The van der Waals surface area contributed by atoms with E-state index in [1.807, 2.05) is 54.2 Å². The summed E-state index contributed by atoms with van der Waals surface area (Å²) in [4.78, 5) is 12.5. The highest BCUT2D eigenvalue weighted by atomic mass is 32.2. The van der Waals surface area contributed by atoms with E-state index in [0.29, 0.717) is 30.0 Å². The number of fused-ring (bicyclic) bond motifs is 1. The van der Waals surface area contributed by atoms with Crippen LogP contribution in [0.2, 0.25) is 0 Å². The highest BCUT2D eigenvalue weighted by molar-refractivity contribution is 7.88. The van der Waals surface area contributed by atoms with Crippen LogP contribution in [0.4, 0.5) is 4.39 Å². The monoisotopic (exact) mass is 516 g/mol. The molecule has 188 valence electrons. The van der Waals surface area contributed by atoms with Gasteiger partial charge >= 0.3 is 0 Å². The molecule has 2 aromatic carbocycles. The number of hydrogen-bond donors (Lipinski definition) is 1. The number of benzene rings is 2. The van der Waals surface area contributed by atoms with Crippen molar-refractivity contribution in [3.05, 3.63) is 79.0 Å². The van der Waals surface area contributed by atoms with E-state index in [1.54, 1.807) is 12.1 Å². The minimum atomic E-state index is -3.33. The van der Waals surface area contributed by atoms with Crippen LogP contribution < -0.4 is 0 Å². The van der Waals surface area contributed by atoms with Crippen molar-refractivity contribution in [2.75, 3.05) is 12.8 Å². The van der Waals surface area contributed by atoms with Gasteiger partial charge in [0.2, 0.25) is 10.0 Å². The number of nitrogens with zero attached hydrogens (tertiary/aromatic N) is 5. The Morgan fingerprint density at radius 2 is 1.76 bits per heavy atom. The molecule has 0 saturated carbocycles. The lowest BCUT2D eigenvalue weighted by Crippen LogP contribution is -2.33. The molecular formula is C27H25FN6O2S. The Labute approximate surface area is 213 Å². The van der Waals surface area contributed by atoms with Gasteiger partial charge in [0.05, 0.1) is 18.0 Å². The second-order valence-electron chi connectivity index (χ2n) is 9.48. The number of rotatable bonds is 5. The third-order valence-corrected chi connectivity index (χ3v) is 8.27. The van der Waals surface area contributed by atoms with E-state index in [4.69, 9.17) is 5.10 Å². The fourth-order valence-electron chi connectivity index (χ4n) is 5.13. The van der Waals surface area contributed by atoms with Crippen molar-refractivity contribution < 1.29 is 12.8 Å². The van der Waals surface area contributed by atoms with Gasteiger partial charge in [0.15, 0.2) is 0 Å². The molecule has 6 rings (SSSR count). The number of sulfonamides is 1. The summed E-state index contributed by atoms with van der Waals surface area (Å²) >= 11 is 0. The van der Waals surface area contributed by atoms with Gasteiger partial charge in [-0.3, -0.25) is 4.68 Å². The van der Waals surface area contributed by atoms with Gasteiger partial charge < -0.3 is 4.98 Å². The third kappa shape index (κ3) is 4.32. The zero-order valence-corrected chi connectivity index (χ0v) is 21.2.